The van der Waals surface area contributed by atoms with Crippen molar-refractivity contribution in [3.8, 4) is 11.5 Å². The van der Waals surface area contributed by atoms with Crippen molar-refractivity contribution in [2.45, 2.75) is 19.8 Å². The van der Waals surface area contributed by atoms with Crippen LogP contribution in [0.1, 0.15) is 16.8 Å². The topological polar surface area (TPSA) is 59.3 Å². The van der Waals surface area contributed by atoms with E-state index >= 15 is 0 Å². The normalized spacial score (nSPS) is 10.2. The first-order chi connectivity index (χ1) is 12.1. The number of hydrogen-bond acceptors (Lipinski definition) is 3. The van der Waals surface area contributed by atoms with E-state index in [2.05, 4.69) is 14.8 Å². The Morgan fingerprint density at radius 3 is 2.80 bits per heavy atom. The molecule has 0 radical (unpaired) electrons. The van der Waals surface area contributed by atoms with Crippen LogP contribution in [0.2, 0.25) is 0 Å². The molecule has 0 saturated carbocycles. The molecule has 0 aliphatic rings. The third kappa shape index (κ3) is 4.33. The molecule has 0 amide bonds. The predicted octanol–water partition coefficient (Wildman–Crippen LogP) is 4.21. The van der Waals surface area contributed by atoms with Crippen molar-refractivity contribution in [3.05, 3.63) is 93.5 Å². The van der Waals surface area contributed by atoms with Gasteiger partial charge in [0.05, 0.1) is 6.57 Å². The first kappa shape index (κ1) is 16.5. The lowest BCUT2D eigenvalue weighted by Crippen LogP contribution is -2.11. The highest BCUT2D eigenvalue weighted by atomic mass is 16.5. The Labute approximate surface area is 145 Å². The number of H-pyrrole nitrogens is 1. The van der Waals surface area contributed by atoms with Crippen LogP contribution in [0.25, 0.3) is 4.85 Å². The van der Waals surface area contributed by atoms with Gasteiger partial charge in [0.2, 0.25) is 5.69 Å². The maximum absolute atomic E-state index is 11.2. The SMILES string of the molecule is [C-]#[N+]c1cc(CCc2ccnc(=O)[nH]2)ccc1Oc1cccc(C)c1. The number of aryl methyl sites for hydroxylation is 3. The van der Waals surface area contributed by atoms with E-state index in [1.807, 2.05) is 49.4 Å². The molecule has 124 valence electrons. The number of benzene rings is 2. The van der Waals surface area contributed by atoms with Gasteiger partial charge in [-0.05, 0) is 55.7 Å². The van der Waals surface area contributed by atoms with Gasteiger partial charge in [-0.2, -0.15) is 0 Å². The summed E-state index contributed by atoms with van der Waals surface area (Å²) in [5.41, 5.74) is 3.07. The zero-order valence-corrected chi connectivity index (χ0v) is 13.8. The average Bonchev–Trinajstić information content (AvgIpc) is 2.61. The second kappa shape index (κ2) is 7.45. The fourth-order valence-electron chi connectivity index (χ4n) is 2.53. The fraction of sp³-hybridized carbons (Fsp3) is 0.150. The zero-order valence-electron chi connectivity index (χ0n) is 13.8. The number of aromatic amines is 1. The van der Waals surface area contributed by atoms with Gasteiger partial charge in [-0.3, -0.25) is 0 Å². The largest absolute Gasteiger partial charge is 0.468 e. The van der Waals surface area contributed by atoms with E-state index in [-0.39, 0.29) is 5.69 Å². The lowest BCUT2D eigenvalue weighted by atomic mass is 10.1. The van der Waals surface area contributed by atoms with Gasteiger partial charge in [-0.1, -0.05) is 23.8 Å². The average molecular weight is 331 g/mol. The molecule has 5 nitrogen and oxygen atoms in total. The molecule has 0 aliphatic heterocycles. The first-order valence-corrected chi connectivity index (χ1v) is 7.93. The summed E-state index contributed by atoms with van der Waals surface area (Å²) < 4.78 is 5.85. The molecule has 3 rings (SSSR count). The molecule has 0 spiro atoms. The maximum Gasteiger partial charge on any atom is 0.345 e. The van der Waals surface area contributed by atoms with Crippen LogP contribution in [-0.2, 0) is 12.8 Å². The molecule has 0 fully saturated rings. The van der Waals surface area contributed by atoms with Crippen molar-refractivity contribution < 1.29 is 4.74 Å². The van der Waals surface area contributed by atoms with Crippen LogP contribution in [0.5, 0.6) is 11.5 Å². The summed E-state index contributed by atoms with van der Waals surface area (Å²) in [6.45, 7) is 9.40. The van der Waals surface area contributed by atoms with Gasteiger partial charge in [0.1, 0.15) is 11.5 Å². The Hall–Kier alpha value is -3.39. The number of rotatable bonds is 5. The number of nitrogens with one attached hydrogen (secondary N) is 1. The monoisotopic (exact) mass is 331 g/mol. The highest BCUT2D eigenvalue weighted by Gasteiger charge is 2.07. The van der Waals surface area contributed by atoms with Gasteiger partial charge >= 0.3 is 5.69 Å². The van der Waals surface area contributed by atoms with E-state index in [0.717, 1.165) is 16.8 Å². The Kier molecular flexibility index (Phi) is 4.91. The fourth-order valence-corrected chi connectivity index (χ4v) is 2.53. The number of hydrogen-bond donors (Lipinski definition) is 1. The Morgan fingerprint density at radius 2 is 2.04 bits per heavy atom. The molecule has 5 heteroatoms. The van der Waals surface area contributed by atoms with Crippen LogP contribution >= 0.6 is 0 Å². The first-order valence-electron chi connectivity index (χ1n) is 7.93. The highest BCUT2D eigenvalue weighted by Crippen LogP contribution is 2.33. The minimum absolute atomic E-state index is 0.346. The summed E-state index contributed by atoms with van der Waals surface area (Å²) in [7, 11) is 0. The summed E-state index contributed by atoms with van der Waals surface area (Å²) in [6, 6.07) is 15.1. The minimum atomic E-state index is -0.346. The summed E-state index contributed by atoms with van der Waals surface area (Å²) in [4.78, 5) is 21.1. The summed E-state index contributed by atoms with van der Waals surface area (Å²) in [6.07, 6.45) is 2.89. The molecule has 1 N–H and O–H groups in total. The lowest BCUT2D eigenvalue weighted by molar-refractivity contribution is 0.485. The van der Waals surface area contributed by atoms with Crippen LogP contribution < -0.4 is 10.4 Å². The summed E-state index contributed by atoms with van der Waals surface area (Å²) >= 11 is 0. The minimum Gasteiger partial charge on any atom is -0.468 e. The molecule has 0 aliphatic carbocycles. The molecule has 1 heterocycles. The van der Waals surface area contributed by atoms with E-state index in [4.69, 9.17) is 11.3 Å². The number of ether oxygens (including phenoxy) is 1. The predicted molar refractivity (Wildman–Crippen MR) is 96.2 cm³/mol. The third-order valence-electron chi connectivity index (χ3n) is 3.78. The van der Waals surface area contributed by atoms with Gasteiger partial charge < -0.3 is 9.72 Å². The van der Waals surface area contributed by atoms with E-state index < -0.39 is 0 Å². The van der Waals surface area contributed by atoms with Crippen LogP contribution in [-0.4, -0.2) is 9.97 Å². The molecule has 25 heavy (non-hydrogen) atoms. The Bertz CT molecular complexity index is 986. The smallest absolute Gasteiger partial charge is 0.345 e. The number of aromatic nitrogens is 2. The molecule has 3 aromatic rings. The summed E-state index contributed by atoms with van der Waals surface area (Å²) in [5.74, 6) is 1.26. The highest BCUT2D eigenvalue weighted by molar-refractivity contribution is 5.60. The van der Waals surface area contributed by atoms with Crippen molar-refractivity contribution in [2.75, 3.05) is 0 Å². The Balaban J connectivity index is 1.75. The van der Waals surface area contributed by atoms with Gasteiger partial charge in [0.25, 0.3) is 0 Å². The van der Waals surface area contributed by atoms with Gasteiger partial charge in [-0.25, -0.2) is 14.6 Å². The van der Waals surface area contributed by atoms with Crippen molar-refractivity contribution in [3.63, 3.8) is 0 Å². The molecule has 0 saturated heterocycles. The molecule has 0 unspecified atom stereocenters. The van der Waals surface area contributed by atoms with E-state index in [9.17, 15) is 4.79 Å². The van der Waals surface area contributed by atoms with Gasteiger partial charge in [0.15, 0.2) is 0 Å². The Morgan fingerprint density at radius 1 is 1.16 bits per heavy atom. The van der Waals surface area contributed by atoms with Crippen LogP contribution in [0, 0.1) is 13.5 Å². The van der Waals surface area contributed by atoms with Crippen molar-refractivity contribution in [1.82, 2.24) is 9.97 Å². The summed E-state index contributed by atoms with van der Waals surface area (Å²) in [5, 5.41) is 0. The third-order valence-corrected chi connectivity index (χ3v) is 3.78. The standard InChI is InChI=1S/C20H17N3O2/c1-14-4-3-5-17(12-14)25-19-9-7-15(13-18(19)21-2)6-8-16-10-11-22-20(24)23-16/h3-5,7,9-13H,6,8H2,1H3,(H,22,23,24). The van der Waals surface area contributed by atoms with Gasteiger partial charge in [-0.15, -0.1) is 0 Å². The quantitative estimate of drug-likeness (QED) is 0.713. The second-order valence-electron chi connectivity index (χ2n) is 5.73. The van der Waals surface area contributed by atoms with E-state index in [1.54, 1.807) is 6.07 Å². The van der Waals surface area contributed by atoms with Crippen LogP contribution in [0.3, 0.4) is 0 Å². The molecular weight excluding hydrogens is 314 g/mol. The van der Waals surface area contributed by atoms with Crippen molar-refractivity contribution in [1.29, 1.82) is 0 Å². The molecule has 1 aromatic heterocycles. The molecule has 2 aromatic carbocycles. The maximum atomic E-state index is 11.2. The van der Waals surface area contributed by atoms with Crippen LogP contribution in [0.15, 0.2) is 59.5 Å². The lowest BCUT2D eigenvalue weighted by Gasteiger charge is -2.10. The zero-order chi connectivity index (χ0) is 17.6. The van der Waals surface area contributed by atoms with Gasteiger partial charge in [0, 0.05) is 11.9 Å². The van der Waals surface area contributed by atoms with E-state index in [1.165, 1.54) is 6.20 Å². The molecular formula is C20H17N3O2. The number of nitrogens with zero attached hydrogens (tertiary/aromatic N) is 2. The van der Waals surface area contributed by atoms with Crippen molar-refractivity contribution >= 4 is 5.69 Å². The van der Waals surface area contributed by atoms with E-state index in [0.29, 0.717) is 30.0 Å². The molecule has 0 atom stereocenters. The molecule has 0 bridgehead atoms. The second-order valence-corrected chi connectivity index (χ2v) is 5.73. The van der Waals surface area contributed by atoms with Crippen molar-refractivity contribution in [2.24, 2.45) is 0 Å². The van der Waals surface area contributed by atoms with Crippen LogP contribution in [0.4, 0.5) is 5.69 Å².